The number of benzene rings is 1. The number of rotatable bonds is 6. The maximum atomic E-state index is 13.2. The van der Waals surface area contributed by atoms with E-state index < -0.39 is 51.3 Å². The van der Waals surface area contributed by atoms with Gasteiger partial charge in [-0.25, -0.2) is 13.1 Å². The van der Waals surface area contributed by atoms with E-state index in [1.807, 2.05) is 6.92 Å². The van der Waals surface area contributed by atoms with Crippen molar-refractivity contribution in [3.05, 3.63) is 41.2 Å². The minimum absolute atomic E-state index is 0.00538. The van der Waals surface area contributed by atoms with E-state index in [1.54, 1.807) is 12.1 Å². The minimum Gasteiger partial charge on any atom is -0.468 e. The lowest BCUT2D eigenvalue weighted by Gasteiger charge is -2.25. The van der Waals surface area contributed by atoms with Gasteiger partial charge in [0.1, 0.15) is 6.04 Å². The van der Waals surface area contributed by atoms with Gasteiger partial charge in [0, 0.05) is 6.54 Å². The van der Waals surface area contributed by atoms with Crippen molar-refractivity contribution in [3.63, 3.8) is 0 Å². The van der Waals surface area contributed by atoms with Gasteiger partial charge in [0.25, 0.3) is 11.8 Å². The number of esters is 1. The number of carbonyl (C=O) groups is 3. The number of aromatic nitrogens is 3. The first-order valence-electron chi connectivity index (χ1n) is 8.80. The molecule has 0 radical (unpaired) electrons. The molecule has 1 aromatic carbocycles. The molecule has 1 aliphatic rings. The van der Waals surface area contributed by atoms with E-state index in [2.05, 4.69) is 10.3 Å². The molecule has 3 rings (SSSR count). The van der Waals surface area contributed by atoms with Crippen molar-refractivity contribution in [2.75, 3.05) is 13.7 Å². The lowest BCUT2D eigenvalue weighted by Crippen LogP contribution is -2.45. The Labute approximate surface area is 171 Å². The summed E-state index contributed by atoms with van der Waals surface area (Å²) in [6.07, 6.45) is 0.0900. The van der Waals surface area contributed by atoms with Gasteiger partial charge in [-0.3, -0.25) is 14.4 Å². The fraction of sp³-hybridized carbons (Fsp3) is 0.353. The van der Waals surface area contributed by atoms with Crippen LogP contribution in [0.15, 0.2) is 29.2 Å². The summed E-state index contributed by atoms with van der Waals surface area (Å²) in [6.45, 7) is 1.75. The fourth-order valence-corrected chi connectivity index (χ4v) is 5.06. The van der Waals surface area contributed by atoms with Crippen molar-refractivity contribution in [1.82, 2.24) is 19.3 Å². The van der Waals surface area contributed by atoms with Crippen LogP contribution in [0.5, 0.6) is 0 Å². The molecule has 0 aliphatic carbocycles. The molecule has 1 saturated heterocycles. The van der Waals surface area contributed by atoms with Gasteiger partial charge >= 0.3 is 5.97 Å². The summed E-state index contributed by atoms with van der Waals surface area (Å²) in [5.41, 5.74) is 10.6. The molecule has 12 nitrogen and oxygen atoms in total. The molecule has 2 atom stereocenters. The summed E-state index contributed by atoms with van der Waals surface area (Å²) >= 11 is 0. The van der Waals surface area contributed by atoms with Crippen LogP contribution in [-0.2, 0) is 19.6 Å². The molecule has 1 aromatic heterocycles. The zero-order valence-corrected chi connectivity index (χ0v) is 17.0. The fourth-order valence-electron chi connectivity index (χ4n) is 3.44. The van der Waals surface area contributed by atoms with Crippen LogP contribution in [0, 0.1) is 6.92 Å². The molecule has 4 N–H and O–H groups in total. The van der Waals surface area contributed by atoms with Crippen molar-refractivity contribution in [1.29, 1.82) is 0 Å². The predicted molar refractivity (Wildman–Crippen MR) is 102 cm³/mol. The van der Waals surface area contributed by atoms with Gasteiger partial charge in [0.15, 0.2) is 11.4 Å². The Kier molecular flexibility index (Phi) is 5.59. The summed E-state index contributed by atoms with van der Waals surface area (Å²) in [5, 5.41) is 7.32. The summed E-state index contributed by atoms with van der Waals surface area (Å²) in [7, 11) is -2.97. The summed E-state index contributed by atoms with van der Waals surface area (Å²) in [4.78, 5) is 36.0. The average molecular weight is 436 g/mol. The Morgan fingerprint density at radius 2 is 1.77 bits per heavy atom. The highest BCUT2D eigenvalue weighted by atomic mass is 32.2. The molecule has 1 fully saturated rings. The predicted octanol–water partition coefficient (Wildman–Crippen LogP) is -1.04. The molecular weight excluding hydrogens is 416 g/mol. The highest BCUT2D eigenvalue weighted by Gasteiger charge is 2.49. The lowest BCUT2D eigenvalue weighted by molar-refractivity contribution is -0.145. The third-order valence-electron chi connectivity index (χ3n) is 4.87. The number of nitrogens with zero attached hydrogens (tertiary/aromatic N) is 4. The molecule has 2 amide bonds. The van der Waals surface area contributed by atoms with E-state index in [9.17, 15) is 22.8 Å². The Balaban J connectivity index is 2.09. The van der Waals surface area contributed by atoms with Gasteiger partial charge in [-0.05, 0) is 25.5 Å². The first-order valence-corrected chi connectivity index (χ1v) is 10.2. The molecule has 2 unspecified atom stereocenters. The smallest absolute Gasteiger partial charge is 0.326 e. The second kappa shape index (κ2) is 7.84. The molecule has 0 spiro atoms. The van der Waals surface area contributed by atoms with E-state index in [0.717, 1.165) is 21.7 Å². The molecule has 0 bridgehead atoms. The number of primary amides is 2. The lowest BCUT2D eigenvalue weighted by atomic mass is 10.1. The van der Waals surface area contributed by atoms with Gasteiger partial charge in [0.05, 0.1) is 18.0 Å². The number of hydrogen-bond acceptors (Lipinski definition) is 8. The van der Waals surface area contributed by atoms with Crippen LogP contribution in [-0.4, -0.2) is 65.2 Å². The van der Waals surface area contributed by atoms with E-state index >= 15 is 0 Å². The topological polar surface area (TPSA) is 181 Å². The molecule has 1 aliphatic heterocycles. The largest absolute Gasteiger partial charge is 0.468 e. The van der Waals surface area contributed by atoms with Crippen LogP contribution in [0.1, 0.15) is 39.0 Å². The number of nitrogens with two attached hydrogens (primary N) is 2. The van der Waals surface area contributed by atoms with E-state index in [-0.39, 0.29) is 17.9 Å². The third kappa shape index (κ3) is 3.52. The monoisotopic (exact) mass is 436 g/mol. The van der Waals surface area contributed by atoms with Crippen LogP contribution >= 0.6 is 0 Å². The summed E-state index contributed by atoms with van der Waals surface area (Å²) in [6, 6.07) is 3.79. The molecule has 2 heterocycles. The van der Waals surface area contributed by atoms with E-state index in [4.69, 9.17) is 16.2 Å². The number of aryl methyl sites for hydroxylation is 1. The first-order chi connectivity index (χ1) is 14.1. The third-order valence-corrected chi connectivity index (χ3v) is 6.76. The van der Waals surface area contributed by atoms with Crippen LogP contribution in [0.2, 0.25) is 0 Å². The normalized spacial score (nSPS) is 19.5. The highest BCUT2D eigenvalue weighted by molar-refractivity contribution is 7.89. The molecule has 30 heavy (non-hydrogen) atoms. The second-order valence-corrected chi connectivity index (χ2v) is 8.60. The van der Waals surface area contributed by atoms with Crippen LogP contribution < -0.4 is 11.5 Å². The van der Waals surface area contributed by atoms with Crippen molar-refractivity contribution in [2.24, 2.45) is 11.5 Å². The number of amides is 2. The van der Waals surface area contributed by atoms with Crippen LogP contribution in [0.25, 0.3) is 0 Å². The summed E-state index contributed by atoms with van der Waals surface area (Å²) in [5.74, 6) is -2.94. The standard InChI is InChI=1S/C17H20N6O6S/c1-9-3-5-10(6-4-9)30(27,28)22-8-7-11(13(22)17(26)29-2)23-14(16(19)25)12(15(18)24)20-21-23/h3-6,11,13H,7-8H2,1-2H3,(H2,18,24)(H2,19,25). The van der Waals surface area contributed by atoms with E-state index in [1.165, 1.54) is 12.1 Å². The Bertz CT molecular complexity index is 1110. The van der Waals surface area contributed by atoms with Gasteiger partial charge in [-0.1, -0.05) is 22.9 Å². The number of ether oxygens (including phenoxy) is 1. The minimum atomic E-state index is -4.08. The molecule has 13 heteroatoms. The first kappa shape index (κ1) is 21.4. The van der Waals surface area contributed by atoms with Gasteiger partial charge in [0.2, 0.25) is 10.0 Å². The van der Waals surface area contributed by atoms with Crippen LogP contribution in [0.4, 0.5) is 0 Å². The van der Waals surface area contributed by atoms with Crippen molar-refractivity contribution >= 4 is 27.8 Å². The molecular formula is C17H20N6O6S. The number of carbonyl (C=O) groups excluding carboxylic acids is 3. The highest BCUT2D eigenvalue weighted by Crippen LogP contribution is 2.35. The second-order valence-electron chi connectivity index (χ2n) is 6.71. The maximum absolute atomic E-state index is 13.2. The quantitative estimate of drug-likeness (QED) is 0.539. The molecule has 0 saturated carbocycles. The zero-order valence-electron chi connectivity index (χ0n) is 16.2. The number of sulfonamides is 1. The van der Waals surface area contributed by atoms with Crippen LogP contribution in [0.3, 0.4) is 0 Å². The Hall–Kier alpha value is -3.32. The van der Waals surface area contributed by atoms with Crippen molar-refractivity contribution < 1.29 is 27.5 Å². The Morgan fingerprint density at radius 3 is 2.30 bits per heavy atom. The van der Waals surface area contributed by atoms with E-state index in [0.29, 0.717) is 0 Å². The average Bonchev–Trinajstić information content (AvgIpc) is 3.32. The van der Waals surface area contributed by atoms with Gasteiger partial charge in [-0.15, -0.1) is 5.10 Å². The maximum Gasteiger partial charge on any atom is 0.326 e. The summed E-state index contributed by atoms with van der Waals surface area (Å²) < 4.78 is 33.1. The SMILES string of the molecule is COC(=O)C1C(n2nnc(C(N)=O)c2C(N)=O)CCN1S(=O)(=O)c1ccc(C)cc1. The number of methoxy groups -OCH3 is 1. The van der Waals surface area contributed by atoms with Crippen molar-refractivity contribution in [2.45, 2.75) is 30.3 Å². The van der Waals surface area contributed by atoms with Gasteiger partial charge in [-0.2, -0.15) is 4.31 Å². The number of hydrogen-bond donors (Lipinski definition) is 2. The molecule has 160 valence electrons. The van der Waals surface area contributed by atoms with Crippen molar-refractivity contribution in [3.8, 4) is 0 Å². The van der Waals surface area contributed by atoms with Gasteiger partial charge < -0.3 is 16.2 Å². The molecule has 2 aromatic rings. The Morgan fingerprint density at radius 1 is 1.13 bits per heavy atom. The zero-order chi connectivity index (χ0) is 22.2.